The standard InChI is InChI=1S/C15H24N2OS/c1-5-10-6-8-11(9-7-10)12(18)13-14(15(2,3)4)16-17-19-13/h10-11H,5-9H2,1-4H3. The van der Waals surface area contributed by atoms with Crippen LogP contribution in [0.15, 0.2) is 0 Å². The van der Waals surface area contributed by atoms with E-state index >= 15 is 0 Å². The maximum atomic E-state index is 12.7. The Morgan fingerprint density at radius 1 is 1.26 bits per heavy atom. The van der Waals surface area contributed by atoms with Crippen LogP contribution in [-0.4, -0.2) is 15.4 Å². The van der Waals surface area contributed by atoms with Crippen LogP contribution in [0.3, 0.4) is 0 Å². The lowest BCUT2D eigenvalue weighted by Crippen LogP contribution is -2.24. The van der Waals surface area contributed by atoms with Gasteiger partial charge in [0.2, 0.25) is 0 Å². The predicted molar refractivity (Wildman–Crippen MR) is 78.7 cm³/mol. The van der Waals surface area contributed by atoms with E-state index in [1.165, 1.54) is 30.8 Å². The van der Waals surface area contributed by atoms with Crippen molar-refractivity contribution in [3.63, 3.8) is 0 Å². The Hall–Kier alpha value is -0.770. The van der Waals surface area contributed by atoms with Crippen molar-refractivity contribution in [1.82, 2.24) is 9.59 Å². The average molecular weight is 280 g/mol. The van der Waals surface area contributed by atoms with Crippen LogP contribution in [0.2, 0.25) is 0 Å². The molecule has 106 valence electrons. The summed E-state index contributed by atoms with van der Waals surface area (Å²) in [5, 5.41) is 4.18. The second-order valence-electron chi connectivity index (χ2n) is 6.69. The molecule has 3 nitrogen and oxygen atoms in total. The minimum Gasteiger partial charge on any atom is -0.293 e. The summed E-state index contributed by atoms with van der Waals surface area (Å²) in [6.07, 6.45) is 5.72. The highest BCUT2D eigenvalue weighted by molar-refractivity contribution is 7.08. The van der Waals surface area contributed by atoms with Crippen molar-refractivity contribution in [2.24, 2.45) is 11.8 Å². The van der Waals surface area contributed by atoms with Gasteiger partial charge in [-0.3, -0.25) is 4.79 Å². The minimum atomic E-state index is -0.0986. The van der Waals surface area contributed by atoms with Gasteiger partial charge < -0.3 is 0 Å². The molecule has 1 heterocycles. The van der Waals surface area contributed by atoms with E-state index in [-0.39, 0.29) is 17.1 Å². The van der Waals surface area contributed by atoms with Crippen LogP contribution in [0.5, 0.6) is 0 Å². The zero-order chi connectivity index (χ0) is 14.0. The number of aromatic nitrogens is 2. The Bertz CT molecular complexity index is 439. The van der Waals surface area contributed by atoms with Gasteiger partial charge >= 0.3 is 0 Å². The van der Waals surface area contributed by atoms with Crippen LogP contribution in [0.25, 0.3) is 0 Å². The summed E-state index contributed by atoms with van der Waals surface area (Å²) in [5.74, 6) is 1.31. The summed E-state index contributed by atoms with van der Waals surface area (Å²) < 4.78 is 4.01. The first-order valence-corrected chi connectivity index (χ1v) is 8.07. The Labute approximate surface area is 120 Å². The molecule has 1 saturated carbocycles. The van der Waals surface area contributed by atoms with Gasteiger partial charge in [0.15, 0.2) is 5.78 Å². The summed E-state index contributed by atoms with van der Waals surface area (Å²) in [6, 6.07) is 0. The molecule has 0 N–H and O–H groups in total. The summed E-state index contributed by atoms with van der Waals surface area (Å²) in [4.78, 5) is 13.5. The zero-order valence-corrected chi connectivity index (χ0v) is 13.2. The molecule has 4 heteroatoms. The number of ketones is 1. The molecular weight excluding hydrogens is 256 g/mol. The van der Waals surface area contributed by atoms with Crippen molar-refractivity contribution in [2.75, 3.05) is 0 Å². The van der Waals surface area contributed by atoms with Gasteiger partial charge in [-0.05, 0) is 43.1 Å². The zero-order valence-electron chi connectivity index (χ0n) is 12.4. The maximum absolute atomic E-state index is 12.7. The second-order valence-corrected chi connectivity index (χ2v) is 7.44. The monoisotopic (exact) mass is 280 g/mol. The number of rotatable bonds is 3. The number of carbonyl (C=O) groups is 1. The molecule has 0 radical (unpaired) electrons. The minimum absolute atomic E-state index is 0.0986. The molecule has 1 aliphatic carbocycles. The normalized spacial score (nSPS) is 24.4. The Morgan fingerprint density at radius 2 is 1.89 bits per heavy atom. The van der Waals surface area contributed by atoms with Crippen LogP contribution in [0.4, 0.5) is 0 Å². The van der Waals surface area contributed by atoms with E-state index in [0.717, 1.165) is 29.3 Å². The van der Waals surface area contributed by atoms with Gasteiger partial charge in [0.25, 0.3) is 0 Å². The highest BCUT2D eigenvalue weighted by atomic mass is 32.1. The summed E-state index contributed by atoms with van der Waals surface area (Å²) in [6.45, 7) is 8.52. The van der Waals surface area contributed by atoms with Crippen molar-refractivity contribution >= 4 is 17.3 Å². The molecule has 2 rings (SSSR count). The van der Waals surface area contributed by atoms with E-state index in [9.17, 15) is 4.79 Å². The lowest BCUT2D eigenvalue weighted by Gasteiger charge is -2.27. The molecular formula is C15H24N2OS. The fourth-order valence-electron chi connectivity index (χ4n) is 2.86. The largest absolute Gasteiger partial charge is 0.293 e. The van der Waals surface area contributed by atoms with Crippen LogP contribution < -0.4 is 0 Å². The summed E-state index contributed by atoms with van der Waals surface area (Å²) >= 11 is 1.27. The van der Waals surface area contributed by atoms with E-state index in [1.54, 1.807) is 0 Å². The smallest absolute Gasteiger partial charge is 0.179 e. The maximum Gasteiger partial charge on any atom is 0.179 e. The quantitative estimate of drug-likeness (QED) is 0.778. The lowest BCUT2D eigenvalue weighted by atomic mass is 9.78. The highest BCUT2D eigenvalue weighted by Gasteiger charge is 2.32. The van der Waals surface area contributed by atoms with E-state index in [4.69, 9.17) is 0 Å². The molecule has 0 aromatic carbocycles. The van der Waals surface area contributed by atoms with Crippen LogP contribution in [-0.2, 0) is 5.41 Å². The van der Waals surface area contributed by atoms with E-state index in [0.29, 0.717) is 0 Å². The Kier molecular flexibility index (Phi) is 4.39. The molecule has 0 bridgehead atoms. The third-order valence-corrected chi connectivity index (χ3v) is 4.96. The van der Waals surface area contributed by atoms with Crippen molar-refractivity contribution in [3.8, 4) is 0 Å². The van der Waals surface area contributed by atoms with Gasteiger partial charge in [-0.2, -0.15) is 0 Å². The van der Waals surface area contributed by atoms with Gasteiger partial charge in [0, 0.05) is 11.3 Å². The third-order valence-electron chi connectivity index (χ3n) is 4.22. The summed E-state index contributed by atoms with van der Waals surface area (Å²) in [5.41, 5.74) is 0.777. The molecule has 0 spiro atoms. The van der Waals surface area contributed by atoms with Crippen molar-refractivity contribution < 1.29 is 4.79 Å². The predicted octanol–water partition coefficient (Wildman–Crippen LogP) is 4.23. The summed E-state index contributed by atoms with van der Waals surface area (Å²) in [7, 11) is 0. The molecule has 0 saturated heterocycles. The second kappa shape index (κ2) is 5.70. The van der Waals surface area contributed by atoms with Crippen molar-refractivity contribution in [2.45, 2.75) is 65.2 Å². The average Bonchev–Trinajstić information content (AvgIpc) is 2.87. The van der Waals surface area contributed by atoms with Crippen LogP contribution >= 0.6 is 11.5 Å². The SMILES string of the molecule is CCC1CCC(C(=O)c2snnc2C(C)(C)C)CC1. The number of hydrogen-bond donors (Lipinski definition) is 0. The first-order valence-electron chi connectivity index (χ1n) is 7.30. The van der Waals surface area contributed by atoms with Crippen molar-refractivity contribution in [1.29, 1.82) is 0 Å². The fourth-order valence-corrected chi connectivity index (χ4v) is 3.76. The number of carbonyl (C=O) groups excluding carboxylic acids is 1. The first-order chi connectivity index (χ1) is 8.93. The fraction of sp³-hybridized carbons (Fsp3) is 0.800. The van der Waals surface area contributed by atoms with Crippen molar-refractivity contribution in [3.05, 3.63) is 10.6 Å². The molecule has 1 aromatic rings. The molecule has 0 atom stereocenters. The molecule has 0 aliphatic heterocycles. The molecule has 0 amide bonds. The van der Waals surface area contributed by atoms with Gasteiger partial charge in [0.1, 0.15) is 4.88 Å². The highest BCUT2D eigenvalue weighted by Crippen LogP contribution is 2.35. The number of nitrogens with zero attached hydrogens (tertiary/aromatic N) is 2. The Morgan fingerprint density at radius 3 is 2.42 bits per heavy atom. The number of hydrogen-bond acceptors (Lipinski definition) is 4. The molecule has 19 heavy (non-hydrogen) atoms. The third kappa shape index (κ3) is 3.22. The molecule has 0 unspecified atom stereocenters. The van der Waals surface area contributed by atoms with Gasteiger partial charge in [-0.15, -0.1) is 5.10 Å². The molecule has 1 aromatic heterocycles. The van der Waals surface area contributed by atoms with Gasteiger partial charge in [-0.1, -0.05) is 38.6 Å². The lowest BCUT2D eigenvalue weighted by molar-refractivity contribution is 0.0873. The van der Waals surface area contributed by atoms with E-state index < -0.39 is 0 Å². The van der Waals surface area contributed by atoms with Crippen LogP contribution in [0, 0.1) is 11.8 Å². The first kappa shape index (κ1) is 14.6. The van der Waals surface area contributed by atoms with Crippen LogP contribution in [0.1, 0.15) is 75.2 Å². The Balaban J connectivity index is 2.11. The number of Topliss-reactive ketones (excluding diaryl/α,β-unsaturated/α-hetero) is 1. The topological polar surface area (TPSA) is 42.9 Å². The molecule has 1 fully saturated rings. The van der Waals surface area contributed by atoms with Gasteiger partial charge in [-0.25, -0.2) is 0 Å². The van der Waals surface area contributed by atoms with Gasteiger partial charge in [0.05, 0.1) is 5.69 Å². The molecule has 1 aliphatic rings. The van der Waals surface area contributed by atoms with E-state index in [2.05, 4.69) is 37.3 Å². The van der Waals surface area contributed by atoms with E-state index in [1.807, 2.05) is 0 Å².